The van der Waals surface area contributed by atoms with Crippen LogP contribution in [0, 0.1) is 65.8 Å². The van der Waals surface area contributed by atoms with Crippen LogP contribution in [-0.2, 0) is 27.9 Å². The van der Waals surface area contributed by atoms with Crippen LogP contribution in [0.5, 0.6) is 0 Å². The Morgan fingerprint density at radius 1 is 0.349 bits per heavy atom. The Labute approximate surface area is 381 Å². The third-order valence-corrected chi connectivity index (χ3v) is 7.06. The van der Waals surface area contributed by atoms with E-state index in [-0.39, 0.29) is 17.1 Å². The summed E-state index contributed by atoms with van der Waals surface area (Å²) >= 11 is 0. The van der Waals surface area contributed by atoms with Crippen LogP contribution < -0.4 is 37.3 Å². The molecular formula is C42H42Cl2FeN10O8. The zero-order valence-corrected chi connectivity index (χ0v) is 37.3. The summed E-state index contributed by atoms with van der Waals surface area (Å²) in [5.74, 6) is 0. The Balaban J connectivity index is -0.000000777. The predicted molar refractivity (Wildman–Crippen MR) is 202 cm³/mol. The zero-order valence-electron chi connectivity index (χ0n) is 34.7. The van der Waals surface area contributed by atoms with Crippen LogP contribution in [0.25, 0.3) is 0 Å². The summed E-state index contributed by atoms with van der Waals surface area (Å²) in [5.41, 5.74) is 4.74. The number of rotatable bonds is 6. The number of halogens is 2. The van der Waals surface area contributed by atoms with E-state index < -0.39 is 31.3 Å². The van der Waals surface area contributed by atoms with Crippen molar-refractivity contribution in [1.82, 2.24) is 29.9 Å². The Bertz CT molecular complexity index is 1820. The van der Waals surface area contributed by atoms with Crippen molar-refractivity contribution in [3.8, 4) is 24.3 Å². The molecule has 0 unspecified atom stereocenters. The van der Waals surface area contributed by atoms with Crippen LogP contribution in [0.3, 0.4) is 0 Å². The van der Waals surface area contributed by atoms with Crippen LogP contribution >= 0.6 is 0 Å². The van der Waals surface area contributed by atoms with Gasteiger partial charge in [0.25, 0.3) is 0 Å². The zero-order chi connectivity index (χ0) is 47.5. The summed E-state index contributed by atoms with van der Waals surface area (Å²) in [7, 11) is -9.89. The second-order valence-corrected chi connectivity index (χ2v) is 12.7. The fourth-order valence-electron chi connectivity index (χ4n) is 4.74. The van der Waals surface area contributed by atoms with Gasteiger partial charge >= 0.3 is 17.1 Å². The molecule has 63 heavy (non-hydrogen) atoms. The van der Waals surface area contributed by atoms with Crippen molar-refractivity contribution in [2.24, 2.45) is 0 Å². The summed E-state index contributed by atoms with van der Waals surface area (Å²) in [5, 5.41) is 29.3. The number of hydrogen-bond donors (Lipinski definition) is 0. The van der Waals surface area contributed by atoms with Crippen molar-refractivity contribution < 1.29 is 74.8 Å². The van der Waals surface area contributed by atoms with E-state index in [2.05, 4.69) is 43.8 Å². The van der Waals surface area contributed by atoms with Gasteiger partial charge in [-0.05, 0) is 86.6 Å². The second-order valence-electron chi connectivity index (χ2n) is 11.2. The van der Waals surface area contributed by atoms with Gasteiger partial charge in [0.15, 0.2) is 0 Å². The smallest absolute Gasteiger partial charge is 0.260 e. The fourth-order valence-corrected chi connectivity index (χ4v) is 4.74. The van der Waals surface area contributed by atoms with Crippen molar-refractivity contribution in [2.75, 3.05) is 0 Å². The molecule has 0 amide bonds. The summed E-state index contributed by atoms with van der Waals surface area (Å²) in [4.78, 5) is 27.1. The second kappa shape index (κ2) is 34.3. The number of nitriles is 4. The molecule has 0 radical (unpaired) electrons. The van der Waals surface area contributed by atoms with E-state index in [1.165, 1.54) is 27.7 Å². The van der Waals surface area contributed by atoms with Crippen LogP contribution in [0.1, 0.15) is 75.7 Å². The van der Waals surface area contributed by atoms with E-state index in [1.54, 1.807) is 61.5 Å². The Kier molecular flexibility index (Phi) is 33.1. The standard InChI is InChI=1S/2C17H15N3.4C2H3N.2ClHO4.Fe/c2*1-17(14-8-2-5-11-18-14,15-9-3-6-12-19-15)16-10-4-7-13-20-16;4*1-2-3;2*2-1(3,4)5;/h2*2-13H,1H3;4*1H3;2*(H,2,3,4,5);/q;;;;;;;;+2/p-2. The molecule has 0 aromatic carbocycles. The first-order valence-corrected chi connectivity index (χ1v) is 19.7. The Morgan fingerprint density at radius 3 is 0.540 bits per heavy atom. The predicted octanol–water partition coefficient (Wildman–Crippen LogP) is -0.943. The molecule has 0 saturated carbocycles. The van der Waals surface area contributed by atoms with Crippen molar-refractivity contribution >= 4 is 0 Å². The first-order valence-electron chi connectivity index (χ1n) is 17.3. The van der Waals surface area contributed by atoms with Gasteiger partial charge < -0.3 is 0 Å². The fraction of sp³-hybridized carbons (Fsp3) is 0.190. The largest absolute Gasteiger partial charge is 2.00 e. The van der Waals surface area contributed by atoms with Gasteiger partial charge in [0.2, 0.25) is 0 Å². The molecule has 6 aromatic rings. The van der Waals surface area contributed by atoms with Gasteiger partial charge in [-0.3, -0.25) is 29.9 Å². The quantitative estimate of drug-likeness (QED) is 0.182. The topological polar surface area (TPSA) is 357 Å². The minimum absolute atomic E-state index is 0. The van der Waals surface area contributed by atoms with E-state index in [4.69, 9.17) is 58.3 Å². The van der Waals surface area contributed by atoms with E-state index in [0.717, 1.165) is 34.2 Å². The summed E-state index contributed by atoms with van der Waals surface area (Å²) < 4.78 is 67.9. The number of hydrogen-bond acceptors (Lipinski definition) is 18. The van der Waals surface area contributed by atoms with Gasteiger partial charge in [0.05, 0.1) is 69.3 Å². The third-order valence-electron chi connectivity index (χ3n) is 7.06. The van der Waals surface area contributed by atoms with Crippen molar-refractivity contribution in [3.05, 3.63) is 181 Å². The van der Waals surface area contributed by atoms with Crippen molar-refractivity contribution in [2.45, 2.75) is 52.4 Å². The first kappa shape index (κ1) is 60.9. The van der Waals surface area contributed by atoms with E-state index in [1.807, 2.05) is 109 Å². The molecule has 0 N–H and O–H groups in total. The van der Waals surface area contributed by atoms with Gasteiger partial charge in [-0.25, -0.2) is 37.3 Å². The molecule has 0 bridgehead atoms. The molecule has 6 rings (SSSR count). The maximum absolute atomic E-state index is 8.49. The average molecular weight is 942 g/mol. The molecular weight excluding hydrogens is 899 g/mol. The molecule has 0 atom stereocenters. The minimum atomic E-state index is -4.94. The molecule has 21 heteroatoms. The number of aromatic nitrogens is 6. The molecule has 0 fully saturated rings. The van der Waals surface area contributed by atoms with Crippen molar-refractivity contribution in [1.29, 1.82) is 21.0 Å². The normalized spacial score (nSPS) is 9.56. The molecule has 0 spiro atoms. The molecule has 6 aromatic heterocycles. The van der Waals surface area contributed by atoms with Crippen molar-refractivity contribution in [3.63, 3.8) is 0 Å². The van der Waals surface area contributed by atoms with Crippen LogP contribution in [0.15, 0.2) is 146 Å². The van der Waals surface area contributed by atoms with Crippen LogP contribution in [0.2, 0.25) is 0 Å². The van der Waals surface area contributed by atoms with Crippen LogP contribution in [-0.4, -0.2) is 29.9 Å². The van der Waals surface area contributed by atoms with E-state index in [9.17, 15) is 0 Å². The molecule has 0 saturated heterocycles. The maximum atomic E-state index is 8.49. The average Bonchev–Trinajstić information content (AvgIpc) is 3.25. The monoisotopic (exact) mass is 940 g/mol. The van der Waals surface area contributed by atoms with E-state index in [0.29, 0.717) is 0 Å². The molecule has 0 aliphatic rings. The Morgan fingerprint density at radius 2 is 0.460 bits per heavy atom. The van der Waals surface area contributed by atoms with Gasteiger partial charge in [-0.2, -0.15) is 21.0 Å². The van der Waals surface area contributed by atoms with E-state index >= 15 is 0 Å². The molecule has 18 nitrogen and oxygen atoms in total. The van der Waals surface area contributed by atoms with Gasteiger partial charge in [0, 0.05) is 64.9 Å². The molecule has 330 valence electrons. The van der Waals surface area contributed by atoms with Gasteiger partial charge in [0.1, 0.15) is 0 Å². The van der Waals surface area contributed by atoms with Gasteiger partial charge in [-0.1, -0.05) is 36.4 Å². The molecule has 0 aliphatic heterocycles. The number of nitrogens with zero attached hydrogens (tertiary/aromatic N) is 10. The van der Waals surface area contributed by atoms with Gasteiger partial charge in [-0.15, -0.1) is 20.5 Å². The maximum Gasteiger partial charge on any atom is 2.00 e. The summed E-state index contributed by atoms with van der Waals surface area (Å²) in [6.45, 7) is 9.94. The summed E-state index contributed by atoms with van der Waals surface area (Å²) in [6, 6.07) is 42.6. The third kappa shape index (κ3) is 26.6. The number of pyridine rings is 6. The van der Waals surface area contributed by atoms with Crippen LogP contribution in [0.4, 0.5) is 0 Å². The first-order chi connectivity index (χ1) is 29.3. The molecule has 6 heterocycles. The summed E-state index contributed by atoms with van der Waals surface area (Å²) in [6.07, 6.45) is 10.8. The SMILES string of the molecule is CC#N.CC#N.CC#N.CC#N.CC(c1ccccn1)(c1ccccn1)c1ccccn1.CC(c1ccccn1)(c1ccccn1)c1ccccn1.[Fe+2].[O-][Cl+3]([O-])([O-])[O-].[O-][Cl+3]([O-])([O-])[O-]. The minimum Gasteiger partial charge on any atom is -0.260 e. The molecule has 0 aliphatic carbocycles. The Hall–Kier alpha value is -6.36.